The fourth-order valence-electron chi connectivity index (χ4n) is 4.82. The molecule has 1 aromatic carbocycles. The molecule has 0 unspecified atom stereocenters. The van der Waals surface area contributed by atoms with E-state index in [1.807, 2.05) is 44.2 Å². The van der Waals surface area contributed by atoms with Gasteiger partial charge in [0, 0.05) is 18.9 Å². The Morgan fingerprint density at radius 1 is 0.947 bits per heavy atom. The molecule has 10 heteroatoms. The number of amides is 2. The van der Waals surface area contributed by atoms with Gasteiger partial charge in [-0.15, -0.1) is 0 Å². The minimum Gasteiger partial charge on any atom is -0.352 e. The Morgan fingerprint density at radius 3 is 2.18 bits per heavy atom. The molecule has 2 amide bonds. The summed E-state index contributed by atoms with van der Waals surface area (Å²) >= 11 is 0. The predicted octanol–water partition coefficient (Wildman–Crippen LogP) is 0.974. The molecule has 2 rings (SSSR count). The number of hydrogen-bond acceptors (Lipinski definition) is 8. The lowest BCUT2D eigenvalue weighted by molar-refractivity contribution is -0.138. The van der Waals surface area contributed by atoms with E-state index in [1.165, 1.54) is 0 Å². The van der Waals surface area contributed by atoms with Crippen LogP contribution in [0.15, 0.2) is 30.3 Å². The van der Waals surface area contributed by atoms with E-state index >= 15 is 0 Å². The van der Waals surface area contributed by atoms with Gasteiger partial charge >= 0.3 is 0 Å². The van der Waals surface area contributed by atoms with Crippen LogP contribution < -0.4 is 27.2 Å². The number of nitrogens with one attached hydrogen (secondary N) is 4. The molecule has 1 aliphatic carbocycles. The van der Waals surface area contributed by atoms with Gasteiger partial charge in [-0.1, -0.05) is 44.2 Å². The Balaban J connectivity index is 1.87. The fourth-order valence-corrected chi connectivity index (χ4v) is 4.82. The predicted molar refractivity (Wildman–Crippen MR) is 145 cm³/mol. The van der Waals surface area contributed by atoms with Crippen molar-refractivity contribution in [3.8, 4) is 0 Å². The zero-order valence-electron chi connectivity index (χ0n) is 22.8. The standard InChI is InChI=1S/C28H43N5O5/c1-18(2)13-24(33-29)28(38)32-23(15-20-7-5-4-6-8-20)27(37)25(35)16-30-17-26(36)31-22-11-9-21(10-12-22)14-19(3)34/h4-8,18,21-24,30,33H,9-17,29H2,1-3H3,(H,31,36)(H,32,38)/t21?,22?,23-,24-/m0/s1. The normalized spacial score (nSPS) is 18.9. The van der Waals surface area contributed by atoms with Crippen LogP contribution in [0.1, 0.15) is 64.9 Å². The number of carbonyl (C=O) groups is 5. The zero-order chi connectivity index (χ0) is 28.1. The van der Waals surface area contributed by atoms with Crippen LogP contribution in [0, 0.1) is 11.8 Å². The molecule has 2 atom stereocenters. The molecule has 0 radical (unpaired) electrons. The number of nitrogens with two attached hydrogens (primary N) is 1. The summed E-state index contributed by atoms with van der Waals surface area (Å²) in [5.74, 6) is 4.16. The molecule has 0 heterocycles. The summed E-state index contributed by atoms with van der Waals surface area (Å²) < 4.78 is 0. The van der Waals surface area contributed by atoms with Crippen LogP contribution in [-0.2, 0) is 30.4 Å². The van der Waals surface area contributed by atoms with Crippen LogP contribution >= 0.6 is 0 Å². The van der Waals surface area contributed by atoms with Crippen molar-refractivity contribution in [2.24, 2.45) is 17.7 Å². The van der Waals surface area contributed by atoms with Crippen molar-refractivity contribution in [3.63, 3.8) is 0 Å². The summed E-state index contributed by atoms with van der Waals surface area (Å²) in [4.78, 5) is 62.2. The van der Waals surface area contributed by atoms with E-state index in [-0.39, 0.29) is 43.2 Å². The molecule has 0 bridgehead atoms. The van der Waals surface area contributed by atoms with Gasteiger partial charge in [0.2, 0.25) is 23.4 Å². The second-order valence-corrected chi connectivity index (χ2v) is 10.7. The van der Waals surface area contributed by atoms with Crippen molar-refractivity contribution in [3.05, 3.63) is 35.9 Å². The molecule has 0 spiro atoms. The van der Waals surface area contributed by atoms with Gasteiger partial charge in [-0.3, -0.25) is 25.0 Å². The fraction of sp³-hybridized carbons (Fsp3) is 0.607. The molecule has 1 aliphatic rings. The van der Waals surface area contributed by atoms with Gasteiger partial charge in [-0.25, -0.2) is 5.43 Å². The van der Waals surface area contributed by atoms with Crippen LogP contribution in [-0.4, -0.2) is 60.4 Å². The van der Waals surface area contributed by atoms with E-state index in [0.29, 0.717) is 18.8 Å². The highest BCUT2D eigenvalue weighted by atomic mass is 16.2. The Morgan fingerprint density at radius 2 is 1.61 bits per heavy atom. The number of carbonyl (C=O) groups excluding carboxylic acids is 5. The topological polar surface area (TPSA) is 159 Å². The zero-order valence-corrected chi connectivity index (χ0v) is 22.8. The molecule has 1 fully saturated rings. The second-order valence-electron chi connectivity index (χ2n) is 10.7. The lowest BCUT2D eigenvalue weighted by Gasteiger charge is -2.28. The van der Waals surface area contributed by atoms with E-state index in [0.717, 1.165) is 31.2 Å². The summed E-state index contributed by atoms with van der Waals surface area (Å²) in [7, 11) is 0. The third kappa shape index (κ3) is 11.2. The Labute approximate surface area is 225 Å². The first-order chi connectivity index (χ1) is 18.1. The molecule has 6 N–H and O–H groups in total. The minimum absolute atomic E-state index is 0.0465. The second kappa shape index (κ2) is 16.1. The maximum absolute atomic E-state index is 13.0. The summed E-state index contributed by atoms with van der Waals surface area (Å²) in [5.41, 5.74) is 3.28. The Hall–Kier alpha value is -2.95. The largest absolute Gasteiger partial charge is 0.352 e. The smallest absolute Gasteiger partial charge is 0.239 e. The first-order valence-corrected chi connectivity index (χ1v) is 13.5. The lowest BCUT2D eigenvalue weighted by Crippen LogP contribution is -2.54. The highest BCUT2D eigenvalue weighted by Gasteiger charge is 2.30. The molecule has 38 heavy (non-hydrogen) atoms. The van der Waals surface area contributed by atoms with Gasteiger partial charge in [-0.2, -0.15) is 0 Å². The first-order valence-electron chi connectivity index (χ1n) is 13.5. The lowest BCUT2D eigenvalue weighted by atomic mass is 9.83. The highest BCUT2D eigenvalue weighted by Crippen LogP contribution is 2.26. The van der Waals surface area contributed by atoms with Crippen molar-refractivity contribution in [1.29, 1.82) is 0 Å². The average Bonchev–Trinajstić information content (AvgIpc) is 2.87. The van der Waals surface area contributed by atoms with Crippen LogP contribution in [0.4, 0.5) is 0 Å². The molecular formula is C28H43N5O5. The maximum Gasteiger partial charge on any atom is 0.239 e. The third-order valence-electron chi connectivity index (χ3n) is 6.77. The van der Waals surface area contributed by atoms with E-state index in [9.17, 15) is 24.0 Å². The van der Waals surface area contributed by atoms with Crippen molar-refractivity contribution in [2.45, 2.75) is 83.8 Å². The van der Waals surface area contributed by atoms with Crippen molar-refractivity contribution in [2.75, 3.05) is 13.1 Å². The Kier molecular flexibility index (Phi) is 13.3. The molecule has 0 aliphatic heterocycles. The van der Waals surface area contributed by atoms with Gasteiger partial charge < -0.3 is 20.7 Å². The average molecular weight is 530 g/mol. The summed E-state index contributed by atoms with van der Waals surface area (Å²) in [6.07, 6.45) is 4.65. The summed E-state index contributed by atoms with van der Waals surface area (Å²) in [5, 5.41) is 8.39. The van der Waals surface area contributed by atoms with Crippen molar-refractivity contribution in [1.82, 2.24) is 21.4 Å². The van der Waals surface area contributed by atoms with Gasteiger partial charge in [0.15, 0.2) is 0 Å². The molecule has 0 saturated heterocycles. The SMILES string of the molecule is CC(=O)CC1CCC(NC(=O)CNCC(=O)C(=O)[C@H](Cc2ccccc2)NC(=O)[C@H](CC(C)C)NN)CC1. The maximum atomic E-state index is 13.0. The van der Waals surface area contributed by atoms with E-state index < -0.39 is 29.6 Å². The van der Waals surface area contributed by atoms with Crippen LogP contribution in [0.25, 0.3) is 0 Å². The number of hydrazine groups is 1. The van der Waals surface area contributed by atoms with Crippen molar-refractivity contribution < 1.29 is 24.0 Å². The molecular weight excluding hydrogens is 486 g/mol. The van der Waals surface area contributed by atoms with Crippen LogP contribution in [0.5, 0.6) is 0 Å². The monoisotopic (exact) mass is 529 g/mol. The van der Waals surface area contributed by atoms with E-state index in [1.54, 1.807) is 6.92 Å². The highest BCUT2D eigenvalue weighted by molar-refractivity contribution is 6.40. The van der Waals surface area contributed by atoms with Gasteiger partial charge in [-0.05, 0) is 56.4 Å². The first kappa shape index (κ1) is 31.3. The van der Waals surface area contributed by atoms with E-state index in [4.69, 9.17) is 5.84 Å². The number of benzene rings is 1. The molecule has 10 nitrogen and oxygen atoms in total. The number of rotatable bonds is 16. The molecule has 210 valence electrons. The summed E-state index contributed by atoms with van der Waals surface area (Å²) in [6.45, 7) is 5.09. The number of hydrogen-bond donors (Lipinski definition) is 5. The Bertz CT molecular complexity index is 944. The quantitative estimate of drug-likeness (QED) is 0.120. The molecule has 1 saturated carbocycles. The number of ketones is 3. The minimum atomic E-state index is -1.05. The molecule has 1 aromatic rings. The molecule has 0 aromatic heterocycles. The van der Waals surface area contributed by atoms with Crippen LogP contribution in [0.3, 0.4) is 0 Å². The number of Topliss-reactive ketones (excluding diaryl/α,β-unsaturated/α-hetero) is 3. The van der Waals surface area contributed by atoms with E-state index in [2.05, 4.69) is 21.4 Å². The van der Waals surface area contributed by atoms with Crippen molar-refractivity contribution >= 4 is 29.2 Å². The third-order valence-corrected chi connectivity index (χ3v) is 6.77. The van der Waals surface area contributed by atoms with Gasteiger partial charge in [0.1, 0.15) is 5.78 Å². The van der Waals surface area contributed by atoms with Gasteiger partial charge in [0.25, 0.3) is 0 Å². The summed E-state index contributed by atoms with van der Waals surface area (Å²) in [6, 6.07) is 7.41. The van der Waals surface area contributed by atoms with Gasteiger partial charge in [0.05, 0.1) is 25.2 Å². The van der Waals surface area contributed by atoms with Crippen LogP contribution in [0.2, 0.25) is 0 Å².